The highest BCUT2D eigenvalue weighted by atomic mass is 35.5. The Hall–Kier alpha value is -1.33. The van der Waals surface area contributed by atoms with Crippen LogP contribution in [0.3, 0.4) is 0 Å². The number of methoxy groups -OCH3 is 2. The van der Waals surface area contributed by atoms with Gasteiger partial charge in [-0.3, -0.25) is 0 Å². The lowest BCUT2D eigenvalue weighted by Crippen LogP contribution is -1.93. The van der Waals surface area contributed by atoms with Gasteiger partial charge >= 0.3 is 0 Å². The van der Waals surface area contributed by atoms with E-state index in [0.29, 0.717) is 23.2 Å². The normalized spacial score (nSPS) is 10.3. The number of rotatable bonds is 4. The van der Waals surface area contributed by atoms with E-state index in [4.69, 9.17) is 21.1 Å². The number of benzene rings is 1. The first-order chi connectivity index (χ1) is 8.22. The molecule has 4 nitrogen and oxygen atoms in total. The molecular weight excluding hydrogens is 260 g/mol. The minimum Gasteiger partial charge on any atom is -0.493 e. The smallest absolute Gasteiger partial charge is 0.234 e. The van der Waals surface area contributed by atoms with E-state index in [0.717, 1.165) is 10.6 Å². The average molecular weight is 271 g/mol. The molecule has 0 saturated heterocycles. The molecule has 2 aromatic rings. The zero-order valence-electron chi connectivity index (χ0n) is 9.44. The molecule has 0 saturated carbocycles. The lowest BCUT2D eigenvalue weighted by molar-refractivity contribution is 0.354. The molecule has 6 heteroatoms. The fourth-order valence-electron chi connectivity index (χ4n) is 1.47. The highest BCUT2D eigenvalue weighted by Crippen LogP contribution is 2.28. The topological polar surface area (TPSA) is 44.2 Å². The van der Waals surface area contributed by atoms with E-state index in [1.54, 1.807) is 14.2 Å². The molecule has 17 heavy (non-hydrogen) atoms. The second kappa shape index (κ2) is 5.33. The molecule has 0 aliphatic heterocycles. The Bertz CT molecular complexity index is 516. The van der Waals surface area contributed by atoms with E-state index in [-0.39, 0.29) is 0 Å². The van der Waals surface area contributed by atoms with Gasteiger partial charge in [-0.1, -0.05) is 6.07 Å². The van der Waals surface area contributed by atoms with Crippen LogP contribution in [0.15, 0.2) is 18.2 Å². The molecule has 0 amide bonds. The second-order valence-electron chi connectivity index (χ2n) is 3.32. The predicted molar refractivity (Wildman–Crippen MR) is 67.3 cm³/mol. The third-order valence-electron chi connectivity index (χ3n) is 2.25. The van der Waals surface area contributed by atoms with Crippen molar-refractivity contribution in [1.29, 1.82) is 0 Å². The summed E-state index contributed by atoms with van der Waals surface area (Å²) in [6, 6.07) is 5.77. The van der Waals surface area contributed by atoms with Gasteiger partial charge in [-0.15, -0.1) is 0 Å². The second-order valence-corrected chi connectivity index (χ2v) is 4.50. The van der Waals surface area contributed by atoms with Gasteiger partial charge in [-0.05, 0) is 40.8 Å². The van der Waals surface area contributed by atoms with E-state index in [9.17, 15) is 0 Å². The Kier molecular flexibility index (Phi) is 3.81. The van der Waals surface area contributed by atoms with Crippen LogP contribution in [0.5, 0.6) is 11.5 Å². The summed E-state index contributed by atoms with van der Waals surface area (Å²) in [4.78, 5) is 4.10. The summed E-state index contributed by atoms with van der Waals surface area (Å²) in [5.74, 6) is 1.42. The van der Waals surface area contributed by atoms with Gasteiger partial charge in [0.1, 0.15) is 5.01 Å². The van der Waals surface area contributed by atoms with Gasteiger partial charge < -0.3 is 9.47 Å². The molecule has 1 aromatic heterocycles. The zero-order valence-corrected chi connectivity index (χ0v) is 11.0. The third-order valence-corrected chi connectivity index (χ3v) is 3.23. The van der Waals surface area contributed by atoms with Crippen LogP contribution >= 0.6 is 23.1 Å². The maximum Gasteiger partial charge on any atom is 0.234 e. The van der Waals surface area contributed by atoms with Crippen molar-refractivity contribution in [3.8, 4) is 11.5 Å². The van der Waals surface area contributed by atoms with Crippen molar-refractivity contribution in [2.75, 3.05) is 14.2 Å². The van der Waals surface area contributed by atoms with Crippen molar-refractivity contribution in [1.82, 2.24) is 9.36 Å². The van der Waals surface area contributed by atoms with Crippen molar-refractivity contribution in [2.45, 2.75) is 6.42 Å². The minimum absolute atomic E-state index is 0.297. The SMILES string of the molecule is COc1ccc(Cc2nc(Cl)ns2)cc1OC. The van der Waals surface area contributed by atoms with E-state index in [2.05, 4.69) is 9.36 Å². The molecule has 90 valence electrons. The van der Waals surface area contributed by atoms with Crippen molar-refractivity contribution < 1.29 is 9.47 Å². The first kappa shape index (κ1) is 12.1. The number of ether oxygens (including phenoxy) is 2. The average Bonchev–Trinajstić information content (AvgIpc) is 2.74. The first-order valence-corrected chi connectivity index (χ1v) is 6.07. The van der Waals surface area contributed by atoms with Crippen LogP contribution in [-0.4, -0.2) is 23.6 Å². The van der Waals surface area contributed by atoms with Gasteiger partial charge in [-0.2, -0.15) is 4.37 Å². The molecule has 0 aliphatic rings. The molecule has 0 radical (unpaired) electrons. The Morgan fingerprint density at radius 3 is 2.59 bits per heavy atom. The molecule has 1 heterocycles. The molecule has 0 spiro atoms. The lowest BCUT2D eigenvalue weighted by Gasteiger charge is -2.08. The molecule has 0 fully saturated rings. The van der Waals surface area contributed by atoms with E-state index in [1.807, 2.05) is 18.2 Å². The van der Waals surface area contributed by atoms with Crippen molar-refractivity contribution in [3.05, 3.63) is 34.1 Å². The minimum atomic E-state index is 0.297. The summed E-state index contributed by atoms with van der Waals surface area (Å²) in [7, 11) is 3.23. The molecule has 2 rings (SSSR count). The maximum atomic E-state index is 5.68. The summed E-state index contributed by atoms with van der Waals surface area (Å²) in [6.45, 7) is 0. The zero-order chi connectivity index (χ0) is 12.3. The van der Waals surface area contributed by atoms with Crippen LogP contribution in [0.2, 0.25) is 5.28 Å². The van der Waals surface area contributed by atoms with Crippen LogP contribution in [0.25, 0.3) is 0 Å². The van der Waals surface area contributed by atoms with Crippen LogP contribution < -0.4 is 9.47 Å². The summed E-state index contributed by atoms with van der Waals surface area (Å²) in [5.41, 5.74) is 1.08. The van der Waals surface area contributed by atoms with Gasteiger partial charge in [0.2, 0.25) is 5.28 Å². The Morgan fingerprint density at radius 2 is 2.00 bits per heavy atom. The Balaban J connectivity index is 2.22. The van der Waals surface area contributed by atoms with Gasteiger partial charge in [0.25, 0.3) is 0 Å². The van der Waals surface area contributed by atoms with Crippen LogP contribution in [0.1, 0.15) is 10.6 Å². The Labute approximate surface area is 108 Å². The number of nitrogens with zero attached hydrogens (tertiary/aromatic N) is 2. The predicted octanol–water partition coefficient (Wildman–Crippen LogP) is 2.80. The fourth-order valence-corrected chi connectivity index (χ4v) is 2.31. The van der Waals surface area contributed by atoms with E-state index >= 15 is 0 Å². The molecule has 0 aliphatic carbocycles. The van der Waals surface area contributed by atoms with E-state index in [1.165, 1.54) is 11.5 Å². The number of hydrogen-bond donors (Lipinski definition) is 0. The molecule has 0 unspecified atom stereocenters. The first-order valence-electron chi connectivity index (χ1n) is 4.92. The van der Waals surface area contributed by atoms with Crippen LogP contribution in [-0.2, 0) is 6.42 Å². The monoisotopic (exact) mass is 270 g/mol. The standard InChI is InChI=1S/C11H11ClN2O2S/c1-15-8-4-3-7(5-9(8)16-2)6-10-13-11(12)14-17-10/h3-5H,6H2,1-2H3. The fraction of sp³-hybridized carbons (Fsp3) is 0.273. The van der Waals surface area contributed by atoms with Gasteiger partial charge in [-0.25, -0.2) is 4.98 Å². The van der Waals surface area contributed by atoms with E-state index < -0.39 is 0 Å². The lowest BCUT2D eigenvalue weighted by atomic mass is 10.1. The Morgan fingerprint density at radius 1 is 1.24 bits per heavy atom. The summed E-state index contributed by atoms with van der Waals surface area (Å²) >= 11 is 6.98. The van der Waals surface area contributed by atoms with Gasteiger partial charge in [0.15, 0.2) is 11.5 Å². The molecule has 0 bridgehead atoms. The van der Waals surface area contributed by atoms with Crippen LogP contribution in [0, 0.1) is 0 Å². The van der Waals surface area contributed by atoms with Crippen molar-refractivity contribution in [2.24, 2.45) is 0 Å². The quantitative estimate of drug-likeness (QED) is 0.857. The van der Waals surface area contributed by atoms with Crippen molar-refractivity contribution >= 4 is 23.1 Å². The van der Waals surface area contributed by atoms with Gasteiger partial charge in [0.05, 0.1) is 14.2 Å². The van der Waals surface area contributed by atoms with Crippen LogP contribution in [0.4, 0.5) is 0 Å². The summed E-state index contributed by atoms with van der Waals surface area (Å²) < 4.78 is 14.3. The molecular formula is C11H11ClN2O2S. The van der Waals surface area contributed by atoms with Gasteiger partial charge in [0, 0.05) is 6.42 Å². The molecule has 1 aromatic carbocycles. The summed E-state index contributed by atoms with van der Waals surface area (Å²) in [5, 5.41) is 1.17. The molecule has 0 atom stereocenters. The molecule has 0 N–H and O–H groups in total. The number of hydrogen-bond acceptors (Lipinski definition) is 5. The number of halogens is 1. The maximum absolute atomic E-state index is 5.68. The highest BCUT2D eigenvalue weighted by Gasteiger charge is 2.07. The largest absolute Gasteiger partial charge is 0.493 e. The van der Waals surface area contributed by atoms with Crippen molar-refractivity contribution in [3.63, 3.8) is 0 Å². The number of aromatic nitrogens is 2. The third kappa shape index (κ3) is 2.87. The summed E-state index contributed by atoms with van der Waals surface area (Å²) in [6.07, 6.45) is 0.685. The highest BCUT2D eigenvalue weighted by molar-refractivity contribution is 7.05.